The molecular weight excluding hydrogens is 320 g/mol. The Balaban J connectivity index is 1.82. The molecule has 130 valence electrons. The van der Waals surface area contributed by atoms with Crippen molar-refractivity contribution in [3.8, 4) is 0 Å². The molecule has 1 aliphatic carbocycles. The van der Waals surface area contributed by atoms with Crippen molar-refractivity contribution >= 4 is 11.9 Å². The summed E-state index contributed by atoms with van der Waals surface area (Å²) in [6.45, 7) is 0.207. The Morgan fingerprint density at radius 1 is 1.08 bits per heavy atom. The molecule has 2 fully saturated rings. The van der Waals surface area contributed by atoms with Crippen LogP contribution in [0.25, 0.3) is 0 Å². The van der Waals surface area contributed by atoms with Gasteiger partial charge in [-0.3, -0.25) is 4.79 Å². The van der Waals surface area contributed by atoms with Crippen LogP contribution in [0.4, 0.5) is 8.78 Å². The molecule has 0 bridgehead atoms. The number of carboxylic acid groups (broad SMARTS) is 1. The summed E-state index contributed by atoms with van der Waals surface area (Å²) in [5.74, 6) is -2.99. The van der Waals surface area contributed by atoms with Crippen molar-refractivity contribution in [2.75, 3.05) is 13.1 Å². The molecule has 1 saturated carbocycles. The molecule has 1 heterocycles. The predicted octanol–water partition coefficient (Wildman–Crippen LogP) is 1.82. The summed E-state index contributed by atoms with van der Waals surface area (Å²) in [4.78, 5) is 25.5. The van der Waals surface area contributed by atoms with Crippen LogP contribution in [0.1, 0.15) is 37.7 Å². The number of hydrogen-bond acceptors (Lipinski definition) is 3. The van der Waals surface area contributed by atoms with Gasteiger partial charge in [0.1, 0.15) is 11.6 Å². The summed E-state index contributed by atoms with van der Waals surface area (Å²) >= 11 is 0. The third-order valence-electron chi connectivity index (χ3n) is 5.34. The SMILES string of the molecule is O=C(O)C1(O)CCN(C(=O)C2(c3ccc(F)cc3F)CCC2)CC1. The molecule has 2 aliphatic rings. The van der Waals surface area contributed by atoms with Gasteiger partial charge in [0.2, 0.25) is 5.91 Å². The number of aliphatic carboxylic acids is 1. The predicted molar refractivity (Wildman–Crippen MR) is 80.3 cm³/mol. The minimum absolute atomic E-state index is 0.0595. The number of benzene rings is 1. The van der Waals surface area contributed by atoms with Crippen LogP contribution in [-0.4, -0.2) is 45.7 Å². The molecule has 1 aromatic rings. The minimum atomic E-state index is -1.81. The highest BCUT2D eigenvalue weighted by Gasteiger charge is 2.51. The fourth-order valence-corrected chi connectivity index (χ4v) is 3.60. The first-order valence-corrected chi connectivity index (χ1v) is 7.99. The zero-order valence-corrected chi connectivity index (χ0v) is 13.1. The van der Waals surface area contributed by atoms with Crippen molar-refractivity contribution in [1.29, 1.82) is 0 Å². The summed E-state index contributed by atoms with van der Waals surface area (Å²) in [6, 6.07) is 3.24. The second-order valence-corrected chi connectivity index (χ2v) is 6.69. The second kappa shape index (κ2) is 5.81. The molecule has 0 aromatic heterocycles. The van der Waals surface area contributed by atoms with E-state index < -0.39 is 28.6 Å². The topological polar surface area (TPSA) is 77.8 Å². The maximum absolute atomic E-state index is 14.2. The molecule has 5 nitrogen and oxygen atoms in total. The molecule has 0 radical (unpaired) electrons. The number of carbonyl (C=O) groups excluding carboxylic acids is 1. The van der Waals surface area contributed by atoms with E-state index in [1.54, 1.807) is 0 Å². The van der Waals surface area contributed by atoms with E-state index in [4.69, 9.17) is 5.11 Å². The number of nitrogens with zero attached hydrogens (tertiary/aromatic N) is 1. The van der Waals surface area contributed by atoms with Gasteiger partial charge in [0.15, 0.2) is 5.60 Å². The number of carboxylic acids is 1. The number of aliphatic hydroxyl groups is 1. The Hall–Kier alpha value is -2.02. The van der Waals surface area contributed by atoms with Gasteiger partial charge >= 0.3 is 5.97 Å². The van der Waals surface area contributed by atoms with Crippen molar-refractivity contribution < 1.29 is 28.6 Å². The Morgan fingerprint density at radius 3 is 2.17 bits per heavy atom. The molecule has 7 heteroatoms. The van der Waals surface area contributed by atoms with Gasteiger partial charge in [-0.05, 0) is 18.9 Å². The molecule has 0 spiro atoms. The van der Waals surface area contributed by atoms with E-state index in [0.29, 0.717) is 12.8 Å². The lowest BCUT2D eigenvalue weighted by molar-refractivity contribution is -0.166. The van der Waals surface area contributed by atoms with Crippen LogP contribution in [-0.2, 0) is 15.0 Å². The lowest BCUT2D eigenvalue weighted by Crippen LogP contribution is -2.57. The van der Waals surface area contributed by atoms with Gasteiger partial charge in [0, 0.05) is 37.6 Å². The fourth-order valence-electron chi connectivity index (χ4n) is 3.60. The van der Waals surface area contributed by atoms with Gasteiger partial charge in [-0.15, -0.1) is 0 Å². The van der Waals surface area contributed by atoms with Gasteiger partial charge in [-0.2, -0.15) is 0 Å². The van der Waals surface area contributed by atoms with Gasteiger partial charge in [0.05, 0.1) is 5.41 Å². The summed E-state index contributed by atoms with van der Waals surface area (Å²) < 4.78 is 27.4. The van der Waals surface area contributed by atoms with E-state index in [1.165, 1.54) is 11.0 Å². The number of halogens is 2. The molecule has 0 unspecified atom stereocenters. The van der Waals surface area contributed by atoms with E-state index in [1.807, 2.05) is 0 Å². The van der Waals surface area contributed by atoms with Crippen molar-refractivity contribution in [3.63, 3.8) is 0 Å². The highest BCUT2D eigenvalue weighted by molar-refractivity contribution is 5.90. The Bertz CT molecular complexity index is 679. The van der Waals surface area contributed by atoms with Crippen LogP contribution in [0.2, 0.25) is 0 Å². The molecule has 2 N–H and O–H groups in total. The normalized spacial score (nSPS) is 21.9. The standard InChI is InChI=1S/C17H19F2NO4/c18-11-2-3-12(13(19)10-11)16(4-1-5-16)14(21)20-8-6-17(24,7-9-20)15(22)23/h2-3,10,24H,1,4-9H2,(H,22,23). The first kappa shape index (κ1) is 16.8. The molecule has 1 amide bonds. The molecule has 1 saturated heterocycles. The molecule has 0 atom stereocenters. The molecule has 24 heavy (non-hydrogen) atoms. The van der Waals surface area contributed by atoms with Crippen LogP contribution in [0.5, 0.6) is 0 Å². The van der Waals surface area contributed by atoms with Crippen LogP contribution < -0.4 is 0 Å². The van der Waals surface area contributed by atoms with Gasteiger partial charge in [0.25, 0.3) is 0 Å². The molecule has 3 rings (SSSR count). The van der Waals surface area contributed by atoms with Crippen LogP contribution in [0.3, 0.4) is 0 Å². The average Bonchev–Trinajstić information content (AvgIpc) is 2.48. The number of likely N-dealkylation sites (tertiary alicyclic amines) is 1. The first-order valence-electron chi connectivity index (χ1n) is 7.99. The number of amides is 1. The average molecular weight is 339 g/mol. The number of hydrogen-bond donors (Lipinski definition) is 2. The van der Waals surface area contributed by atoms with Crippen LogP contribution >= 0.6 is 0 Å². The Morgan fingerprint density at radius 2 is 1.71 bits per heavy atom. The van der Waals surface area contributed by atoms with Crippen molar-refractivity contribution in [2.45, 2.75) is 43.1 Å². The molecule has 1 aromatic carbocycles. The maximum Gasteiger partial charge on any atom is 0.335 e. The number of rotatable bonds is 3. The molecule has 1 aliphatic heterocycles. The Kier molecular flexibility index (Phi) is 4.07. The van der Waals surface area contributed by atoms with Gasteiger partial charge in [-0.25, -0.2) is 13.6 Å². The third kappa shape index (κ3) is 2.56. The highest BCUT2D eigenvalue weighted by Crippen LogP contribution is 2.46. The van der Waals surface area contributed by atoms with Crippen molar-refractivity contribution in [2.24, 2.45) is 0 Å². The largest absolute Gasteiger partial charge is 0.479 e. The summed E-state index contributed by atoms with van der Waals surface area (Å²) in [5, 5.41) is 19.0. The van der Waals surface area contributed by atoms with Gasteiger partial charge < -0.3 is 15.1 Å². The van der Waals surface area contributed by atoms with Crippen molar-refractivity contribution in [1.82, 2.24) is 4.90 Å². The number of carbonyl (C=O) groups is 2. The zero-order chi connectivity index (χ0) is 17.5. The fraction of sp³-hybridized carbons (Fsp3) is 0.529. The lowest BCUT2D eigenvalue weighted by Gasteiger charge is -2.46. The molecular formula is C17H19F2NO4. The monoisotopic (exact) mass is 339 g/mol. The highest BCUT2D eigenvalue weighted by atomic mass is 19.1. The maximum atomic E-state index is 14.2. The van der Waals surface area contributed by atoms with Crippen LogP contribution in [0.15, 0.2) is 18.2 Å². The smallest absolute Gasteiger partial charge is 0.335 e. The van der Waals surface area contributed by atoms with Crippen molar-refractivity contribution in [3.05, 3.63) is 35.4 Å². The van der Waals surface area contributed by atoms with E-state index >= 15 is 0 Å². The summed E-state index contributed by atoms with van der Waals surface area (Å²) in [7, 11) is 0. The van der Waals surface area contributed by atoms with E-state index in [9.17, 15) is 23.5 Å². The van der Waals surface area contributed by atoms with Crippen LogP contribution in [0, 0.1) is 11.6 Å². The first-order chi connectivity index (χ1) is 11.3. The number of piperidine rings is 1. The third-order valence-corrected chi connectivity index (χ3v) is 5.34. The lowest BCUT2D eigenvalue weighted by atomic mass is 9.63. The van der Waals surface area contributed by atoms with Gasteiger partial charge in [-0.1, -0.05) is 12.5 Å². The second-order valence-electron chi connectivity index (χ2n) is 6.69. The van der Waals surface area contributed by atoms with E-state index in [0.717, 1.165) is 18.6 Å². The van der Waals surface area contributed by atoms with E-state index in [-0.39, 0.29) is 37.4 Å². The van der Waals surface area contributed by atoms with E-state index in [2.05, 4.69) is 0 Å². The quantitative estimate of drug-likeness (QED) is 0.881. The minimum Gasteiger partial charge on any atom is -0.479 e. The summed E-state index contributed by atoms with van der Waals surface area (Å²) in [6.07, 6.45) is 1.61. The zero-order valence-electron chi connectivity index (χ0n) is 13.1. The Labute approximate surface area is 137 Å². The summed E-state index contributed by atoms with van der Waals surface area (Å²) in [5.41, 5.74) is -2.62.